The normalized spacial score (nSPS) is 11.7. The van der Waals surface area contributed by atoms with Crippen LogP contribution in [0.1, 0.15) is 26.2 Å². The number of para-hydroxylation sites is 2. The molecule has 0 spiro atoms. The monoisotopic (exact) mass is 295 g/mol. The lowest BCUT2D eigenvalue weighted by Gasteiger charge is -2.07. The first-order chi connectivity index (χ1) is 9.53. The van der Waals surface area contributed by atoms with Gasteiger partial charge in [0.05, 0.1) is 16.8 Å². The number of amides is 1. The van der Waals surface area contributed by atoms with E-state index in [1.54, 1.807) is 24.3 Å². The van der Waals surface area contributed by atoms with Gasteiger partial charge in [-0.25, -0.2) is 27.5 Å². The second kappa shape index (κ2) is 6.04. The highest BCUT2D eigenvalue weighted by Crippen LogP contribution is 2.11. The Morgan fingerprint density at radius 1 is 1.30 bits per heavy atom. The van der Waals surface area contributed by atoms with Crippen molar-refractivity contribution in [1.29, 1.82) is 0 Å². The molecule has 2 rings (SSSR count). The van der Waals surface area contributed by atoms with Gasteiger partial charge < -0.3 is 0 Å². The third-order valence-corrected chi connectivity index (χ3v) is 4.24. The van der Waals surface area contributed by atoms with Crippen LogP contribution in [-0.4, -0.2) is 29.8 Å². The Hall–Kier alpha value is -1.89. The Labute approximate surface area is 117 Å². The number of hydrogen-bond donors (Lipinski definition) is 1. The van der Waals surface area contributed by atoms with Crippen molar-refractivity contribution in [2.75, 3.05) is 5.75 Å². The van der Waals surface area contributed by atoms with Crippen LogP contribution in [0.15, 0.2) is 30.6 Å². The van der Waals surface area contributed by atoms with E-state index in [2.05, 4.69) is 9.71 Å². The van der Waals surface area contributed by atoms with E-state index in [-0.39, 0.29) is 5.75 Å². The van der Waals surface area contributed by atoms with Crippen molar-refractivity contribution in [2.24, 2.45) is 0 Å². The van der Waals surface area contributed by atoms with Crippen LogP contribution in [0, 0.1) is 0 Å². The number of fused-ring (bicyclic) bond motifs is 1. The summed E-state index contributed by atoms with van der Waals surface area (Å²) in [4.78, 5) is 16.1. The van der Waals surface area contributed by atoms with E-state index in [1.165, 1.54) is 10.9 Å². The highest BCUT2D eigenvalue weighted by atomic mass is 32.2. The minimum Gasteiger partial charge on any atom is -0.250 e. The van der Waals surface area contributed by atoms with Crippen molar-refractivity contribution < 1.29 is 13.2 Å². The Bertz CT molecular complexity index is 706. The summed E-state index contributed by atoms with van der Waals surface area (Å²) in [7, 11) is -3.60. The molecular formula is C13H17N3O3S. The standard InChI is InChI=1S/C13H17N3O3S/c1-2-3-6-9-20(18,19)15-13(17)16-10-14-11-7-4-5-8-12(11)16/h4-5,7-8,10H,2-3,6,9H2,1H3,(H,15,17). The van der Waals surface area contributed by atoms with Gasteiger partial charge in [0.1, 0.15) is 6.33 Å². The molecule has 0 saturated heterocycles. The topological polar surface area (TPSA) is 81.1 Å². The quantitative estimate of drug-likeness (QED) is 0.857. The summed E-state index contributed by atoms with van der Waals surface area (Å²) < 4.78 is 26.8. The fourth-order valence-corrected chi connectivity index (χ4v) is 2.95. The van der Waals surface area contributed by atoms with Gasteiger partial charge in [-0.2, -0.15) is 0 Å². The Kier molecular flexibility index (Phi) is 4.39. The first kappa shape index (κ1) is 14.5. The van der Waals surface area contributed by atoms with Crippen LogP contribution in [0.2, 0.25) is 0 Å². The molecule has 0 radical (unpaired) electrons. The summed E-state index contributed by atoms with van der Waals surface area (Å²) in [6.45, 7) is 1.99. The molecule has 0 aliphatic rings. The number of aromatic nitrogens is 2. The summed E-state index contributed by atoms with van der Waals surface area (Å²) in [5.74, 6) is -0.0425. The third-order valence-electron chi connectivity index (χ3n) is 2.93. The summed E-state index contributed by atoms with van der Waals surface area (Å²) in [6.07, 6.45) is 3.62. The average Bonchev–Trinajstić information content (AvgIpc) is 2.82. The smallest absolute Gasteiger partial charge is 0.250 e. The lowest BCUT2D eigenvalue weighted by molar-refractivity contribution is 0.248. The Balaban J connectivity index is 2.12. The molecule has 7 heteroatoms. The zero-order valence-electron chi connectivity index (χ0n) is 11.2. The maximum atomic E-state index is 12.0. The van der Waals surface area contributed by atoms with Crippen LogP contribution in [-0.2, 0) is 10.0 Å². The van der Waals surface area contributed by atoms with Crippen LogP contribution < -0.4 is 4.72 Å². The Morgan fingerprint density at radius 2 is 2.05 bits per heavy atom. The predicted molar refractivity (Wildman–Crippen MR) is 77.0 cm³/mol. The fraction of sp³-hybridized carbons (Fsp3) is 0.385. The van der Waals surface area contributed by atoms with Gasteiger partial charge in [0.15, 0.2) is 0 Å². The summed E-state index contributed by atoms with van der Waals surface area (Å²) >= 11 is 0. The van der Waals surface area contributed by atoms with Crippen LogP contribution in [0.25, 0.3) is 11.0 Å². The van der Waals surface area contributed by atoms with Gasteiger partial charge in [0.25, 0.3) is 0 Å². The van der Waals surface area contributed by atoms with Gasteiger partial charge >= 0.3 is 6.03 Å². The van der Waals surface area contributed by atoms with Gasteiger partial charge in [-0.05, 0) is 18.6 Å². The SMILES string of the molecule is CCCCCS(=O)(=O)NC(=O)n1cnc2ccccc21. The van der Waals surface area contributed by atoms with Crippen LogP contribution in [0.5, 0.6) is 0 Å². The maximum Gasteiger partial charge on any atom is 0.340 e. The van der Waals surface area contributed by atoms with E-state index in [0.717, 1.165) is 12.8 Å². The number of nitrogens with zero attached hydrogens (tertiary/aromatic N) is 2. The molecule has 6 nitrogen and oxygen atoms in total. The largest absolute Gasteiger partial charge is 0.340 e. The molecule has 1 heterocycles. The molecule has 1 aromatic heterocycles. The van der Waals surface area contributed by atoms with Crippen LogP contribution in [0.3, 0.4) is 0 Å². The average molecular weight is 295 g/mol. The van der Waals surface area contributed by atoms with E-state index >= 15 is 0 Å². The zero-order chi connectivity index (χ0) is 14.6. The molecule has 20 heavy (non-hydrogen) atoms. The molecule has 108 valence electrons. The summed E-state index contributed by atoms with van der Waals surface area (Å²) in [6, 6.07) is 6.35. The number of imidazole rings is 1. The molecule has 0 aliphatic carbocycles. The molecule has 0 fully saturated rings. The van der Waals surface area contributed by atoms with Gasteiger partial charge in [0.2, 0.25) is 10.0 Å². The first-order valence-corrected chi connectivity index (χ1v) is 8.15. The second-order valence-corrected chi connectivity index (χ2v) is 6.38. The predicted octanol–water partition coefficient (Wildman–Crippen LogP) is 2.11. The van der Waals surface area contributed by atoms with E-state index in [4.69, 9.17) is 0 Å². The molecule has 1 N–H and O–H groups in total. The maximum absolute atomic E-state index is 12.0. The number of unbranched alkanes of at least 4 members (excludes halogenated alkanes) is 2. The Morgan fingerprint density at radius 3 is 2.80 bits per heavy atom. The number of sulfonamides is 1. The first-order valence-electron chi connectivity index (χ1n) is 6.50. The fourth-order valence-electron chi connectivity index (χ4n) is 1.90. The summed E-state index contributed by atoms with van der Waals surface area (Å²) in [5.41, 5.74) is 1.22. The minimum absolute atomic E-state index is 0.0425. The molecule has 0 saturated carbocycles. The molecule has 0 aliphatic heterocycles. The van der Waals surface area contributed by atoms with Crippen LogP contribution >= 0.6 is 0 Å². The van der Waals surface area contributed by atoms with Crippen molar-refractivity contribution in [3.05, 3.63) is 30.6 Å². The number of benzene rings is 1. The number of hydrogen-bond acceptors (Lipinski definition) is 4. The van der Waals surface area contributed by atoms with Gasteiger partial charge in [0, 0.05) is 0 Å². The third kappa shape index (κ3) is 3.36. The molecule has 1 amide bonds. The molecule has 0 unspecified atom stereocenters. The van der Waals surface area contributed by atoms with Crippen molar-refractivity contribution in [1.82, 2.24) is 14.3 Å². The van der Waals surface area contributed by atoms with E-state index in [0.29, 0.717) is 17.5 Å². The lowest BCUT2D eigenvalue weighted by atomic mass is 10.3. The number of rotatable bonds is 5. The van der Waals surface area contributed by atoms with E-state index in [9.17, 15) is 13.2 Å². The molecule has 1 aromatic carbocycles. The number of carbonyl (C=O) groups is 1. The zero-order valence-corrected chi connectivity index (χ0v) is 12.1. The molecular weight excluding hydrogens is 278 g/mol. The van der Waals surface area contributed by atoms with Crippen LogP contribution in [0.4, 0.5) is 4.79 Å². The van der Waals surface area contributed by atoms with Crippen molar-refractivity contribution in [2.45, 2.75) is 26.2 Å². The molecule has 0 bridgehead atoms. The lowest BCUT2D eigenvalue weighted by Crippen LogP contribution is -2.35. The molecule has 2 aromatic rings. The summed E-state index contributed by atoms with van der Waals surface area (Å²) in [5, 5.41) is 0. The minimum atomic E-state index is -3.60. The van der Waals surface area contributed by atoms with Gasteiger partial charge in [-0.1, -0.05) is 31.9 Å². The van der Waals surface area contributed by atoms with Gasteiger partial charge in [-0.3, -0.25) is 0 Å². The highest BCUT2D eigenvalue weighted by Gasteiger charge is 2.17. The van der Waals surface area contributed by atoms with E-state index in [1.807, 2.05) is 6.92 Å². The second-order valence-electron chi connectivity index (χ2n) is 4.54. The van der Waals surface area contributed by atoms with Gasteiger partial charge in [-0.15, -0.1) is 0 Å². The van der Waals surface area contributed by atoms with E-state index < -0.39 is 16.1 Å². The van der Waals surface area contributed by atoms with Crippen molar-refractivity contribution in [3.8, 4) is 0 Å². The van der Waals surface area contributed by atoms with Crippen molar-refractivity contribution in [3.63, 3.8) is 0 Å². The number of nitrogens with one attached hydrogen (secondary N) is 1. The highest BCUT2D eigenvalue weighted by molar-refractivity contribution is 7.90. The number of carbonyl (C=O) groups excluding carboxylic acids is 1. The van der Waals surface area contributed by atoms with Crippen molar-refractivity contribution >= 4 is 27.1 Å². The molecule has 0 atom stereocenters.